The van der Waals surface area contributed by atoms with Gasteiger partial charge in [0.15, 0.2) is 0 Å². The quantitative estimate of drug-likeness (QED) is 0.175. The summed E-state index contributed by atoms with van der Waals surface area (Å²) < 4.78 is 57.6. The lowest BCUT2D eigenvalue weighted by atomic mass is 9.61. The zero-order valence-electron chi connectivity index (χ0n) is 24.9. The first-order valence-corrected chi connectivity index (χ1v) is 15.0. The van der Waals surface area contributed by atoms with Crippen LogP contribution >= 0.6 is 11.9 Å². The number of benzene rings is 1. The fourth-order valence-electron chi connectivity index (χ4n) is 5.09. The molecule has 5 nitrogen and oxygen atoms in total. The van der Waals surface area contributed by atoms with Gasteiger partial charge < -0.3 is 10.7 Å². The molecule has 1 aromatic carbocycles. The summed E-state index contributed by atoms with van der Waals surface area (Å²) in [7, 11) is 1.72. The predicted octanol–water partition coefficient (Wildman–Crippen LogP) is 9.00. The number of fused-ring (bicyclic) bond motifs is 1. The fraction of sp³-hybridized carbons (Fsp3) is 0.406. The molecule has 1 aromatic heterocycles. The maximum atomic E-state index is 13.6. The van der Waals surface area contributed by atoms with Crippen molar-refractivity contribution in [1.82, 2.24) is 9.71 Å². The number of anilines is 1. The van der Waals surface area contributed by atoms with E-state index in [1.54, 1.807) is 26.1 Å². The second-order valence-corrected chi connectivity index (χ2v) is 10.4. The monoisotopic (exact) mass is 603 g/mol. The van der Waals surface area contributed by atoms with Crippen LogP contribution in [0.2, 0.25) is 0 Å². The molecule has 2 aliphatic rings. The Balaban J connectivity index is 0.00000116. The van der Waals surface area contributed by atoms with E-state index in [1.807, 2.05) is 33.1 Å². The Morgan fingerprint density at radius 3 is 2.52 bits per heavy atom. The summed E-state index contributed by atoms with van der Waals surface area (Å²) in [5.41, 5.74) is 3.07. The first kappa shape index (κ1) is 35.0. The molecule has 3 N–H and O–H groups in total. The smallest absolute Gasteiger partial charge is 0.356 e. The van der Waals surface area contributed by atoms with Gasteiger partial charge in [0.05, 0.1) is 5.56 Å². The molecule has 1 aliphatic heterocycles. The minimum Gasteiger partial charge on any atom is -0.356 e. The first-order valence-electron chi connectivity index (χ1n) is 14.0. The zero-order valence-corrected chi connectivity index (χ0v) is 25.7. The molecule has 4 rings (SSSR count). The molecule has 0 spiro atoms. The van der Waals surface area contributed by atoms with Crippen LogP contribution in [0.5, 0.6) is 0 Å². The molecule has 0 bridgehead atoms. The van der Waals surface area contributed by atoms with E-state index >= 15 is 0 Å². The Morgan fingerprint density at radius 2 is 1.90 bits per heavy atom. The van der Waals surface area contributed by atoms with Crippen molar-refractivity contribution >= 4 is 30.1 Å². The van der Waals surface area contributed by atoms with Crippen LogP contribution in [-0.4, -0.2) is 36.8 Å². The van der Waals surface area contributed by atoms with Crippen molar-refractivity contribution in [3.8, 4) is 0 Å². The Labute approximate surface area is 251 Å². The van der Waals surface area contributed by atoms with Crippen LogP contribution in [0.15, 0.2) is 82.7 Å². The second-order valence-electron chi connectivity index (χ2n) is 9.51. The number of halogens is 4. The zero-order chi connectivity index (χ0) is 31.2. The highest BCUT2D eigenvalue weighted by Crippen LogP contribution is 2.54. The Morgan fingerprint density at radius 1 is 1.21 bits per heavy atom. The number of rotatable bonds is 6. The number of allylic oxidation sites excluding steroid dienone is 4. The average molecular weight is 604 g/mol. The maximum Gasteiger partial charge on any atom is 0.416 e. The molecular weight excluding hydrogens is 562 g/mol. The molecule has 2 unspecified atom stereocenters. The van der Waals surface area contributed by atoms with Gasteiger partial charge >= 0.3 is 6.18 Å². The topological polar surface area (TPSA) is 73.2 Å². The number of nitrogens with zero attached hydrogens (tertiary/aromatic N) is 2. The van der Waals surface area contributed by atoms with E-state index < -0.39 is 17.2 Å². The molecule has 0 amide bonds. The lowest BCUT2D eigenvalue weighted by Gasteiger charge is -2.46. The van der Waals surface area contributed by atoms with Crippen LogP contribution in [0, 0.1) is 16.6 Å². The summed E-state index contributed by atoms with van der Waals surface area (Å²) in [6.45, 7) is 8.35. The van der Waals surface area contributed by atoms with Gasteiger partial charge in [0.25, 0.3) is 0 Å². The van der Waals surface area contributed by atoms with Crippen LogP contribution in [0.25, 0.3) is 0 Å². The van der Waals surface area contributed by atoms with Gasteiger partial charge in [-0.05, 0) is 87.4 Å². The predicted molar refractivity (Wildman–Crippen MR) is 169 cm³/mol. The number of pyridine rings is 1. The van der Waals surface area contributed by atoms with E-state index in [4.69, 9.17) is 5.41 Å². The number of aliphatic imine (C=N–C) groups is 1. The third-order valence-corrected chi connectivity index (χ3v) is 7.86. The lowest BCUT2D eigenvalue weighted by Crippen LogP contribution is -2.38. The molecule has 1 saturated heterocycles. The maximum absolute atomic E-state index is 13.6. The third kappa shape index (κ3) is 9.39. The van der Waals surface area contributed by atoms with Gasteiger partial charge in [-0.2, -0.15) is 13.2 Å². The van der Waals surface area contributed by atoms with Crippen molar-refractivity contribution in [3.05, 3.63) is 94.7 Å². The van der Waals surface area contributed by atoms with Crippen molar-refractivity contribution < 1.29 is 17.6 Å². The Hall–Kier alpha value is -3.24. The summed E-state index contributed by atoms with van der Waals surface area (Å²) in [5.74, 6) is -0.0137. The van der Waals surface area contributed by atoms with Crippen LogP contribution in [-0.2, 0) is 6.18 Å². The number of alkyl halides is 3. The normalized spacial score (nSPS) is 20.8. The van der Waals surface area contributed by atoms with Gasteiger partial charge in [-0.1, -0.05) is 43.5 Å². The van der Waals surface area contributed by atoms with Gasteiger partial charge in [-0.25, -0.2) is 4.39 Å². The van der Waals surface area contributed by atoms with E-state index in [-0.39, 0.29) is 11.7 Å². The number of hydrogen-bond acceptors (Lipinski definition) is 6. The standard InChI is InChI=1S/C28H30F4N4S.C2H5N.C2H6/c1-3-19(17-33-2)16-27-11-8-24(36-23-6-4-22(29)5-7-23)14-20(27)10-13-35-37-18-25(27)26-15-21(9-12-34-26)28(30,31)32;1-2-3;1-2/h3-9,12,14-15,17,25,35-36H,10-11,13,16,18H2,1-2H3;2-3H,1H3;1-2H3/b19-3-,33-17?;;. The molecule has 228 valence electrons. The van der Waals surface area contributed by atoms with Gasteiger partial charge in [0, 0.05) is 60.2 Å². The van der Waals surface area contributed by atoms with E-state index in [1.165, 1.54) is 42.6 Å². The molecule has 42 heavy (non-hydrogen) atoms. The first-order chi connectivity index (χ1) is 20.2. The van der Waals surface area contributed by atoms with Crippen LogP contribution in [0.3, 0.4) is 0 Å². The van der Waals surface area contributed by atoms with E-state index in [0.717, 1.165) is 41.6 Å². The van der Waals surface area contributed by atoms with Crippen LogP contribution in [0.1, 0.15) is 64.1 Å². The lowest BCUT2D eigenvalue weighted by molar-refractivity contribution is -0.137. The number of hydrogen-bond donors (Lipinski definition) is 3. The van der Waals surface area contributed by atoms with Crippen molar-refractivity contribution in [1.29, 1.82) is 5.41 Å². The average Bonchev–Trinajstić information content (AvgIpc) is 2.97. The van der Waals surface area contributed by atoms with Crippen LogP contribution < -0.4 is 10.0 Å². The van der Waals surface area contributed by atoms with Crippen molar-refractivity contribution in [2.24, 2.45) is 10.4 Å². The van der Waals surface area contributed by atoms with Gasteiger partial charge in [0.2, 0.25) is 0 Å². The second kappa shape index (κ2) is 17.0. The largest absolute Gasteiger partial charge is 0.416 e. The Kier molecular flexibility index (Phi) is 14.2. The molecule has 2 aromatic rings. The highest BCUT2D eigenvalue weighted by Gasteiger charge is 2.45. The molecule has 1 fully saturated rings. The third-order valence-electron chi connectivity index (χ3n) is 6.95. The van der Waals surface area contributed by atoms with Crippen molar-refractivity contribution in [2.75, 3.05) is 24.7 Å². The molecule has 0 radical (unpaired) electrons. The summed E-state index contributed by atoms with van der Waals surface area (Å²) in [5, 5.41) is 9.44. The van der Waals surface area contributed by atoms with Gasteiger partial charge in [-0.3, -0.25) is 14.7 Å². The highest BCUT2D eigenvalue weighted by molar-refractivity contribution is 7.97. The van der Waals surface area contributed by atoms with E-state index in [2.05, 4.69) is 32.2 Å². The van der Waals surface area contributed by atoms with Crippen LogP contribution in [0.4, 0.5) is 23.2 Å². The summed E-state index contributed by atoms with van der Waals surface area (Å²) >= 11 is 1.53. The molecular formula is C32H41F4N5S. The van der Waals surface area contributed by atoms with Crippen molar-refractivity contribution in [2.45, 2.75) is 59.1 Å². The minimum absolute atomic E-state index is 0.275. The van der Waals surface area contributed by atoms with E-state index in [0.29, 0.717) is 24.3 Å². The summed E-state index contributed by atoms with van der Waals surface area (Å²) in [6, 6.07) is 8.38. The molecule has 0 saturated carbocycles. The summed E-state index contributed by atoms with van der Waals surface area (Å²) in [6.07, 6.45) is 8.04. The van der Waals surface area contributed by atoms with Gasteiger partial charge in [0.1, 0.15) is 5.82 Å². The molecule has 10 heteroatoms. The fourth-order valence-corrected chi connectivity index (χ4v) is 6.11. The molecule has 2 heterocycles. The highest BCUT2D eigenvalue weighted by atomic mass is 32.2. The van der Waals surface area contributed by atoms with Gasteiger partial charge in [-0.15, -0.1) is 0 Å². The SMILES string of the molecule is C/C=C(\C=NC)CC12CC=C(Nc3ccc(F)cc3)C=C1CCNSCC2c1cc(C(F)(F)F)ccn1.CC.CC=N. The number of nitrogens with one attached hydrogen (secondary N) is 3. The number of aromatic nitrogens is 1. The molecule has 2 atom stereocenters. The molecule has 1 aliphatic carbocycles. The Bertz CT molecular complexity index is 1270. The minimum atomic E-state index is -4.45. The van der Waals surface area contributed by atoms with Crippen molar-refractivity contribution in [3.63, 3.8) is 0 Å². The summed E-state index contributed by atoms with van der Waals surface area (Å²) in [4.78, 5) is 8.68. The van der Waals surface area contributed by atoms with E-state index in [9.17, 15) is 17.6 Å².